The van der Waals surface area contributed by atoms with Crippen LogP contribution in [0, 0.1) is 6.92 Å². The fraction of sp³-hybridized carbons (Fsp3) is 0.294. The van der Waals surface area contributed by atoms with Gasteiger partial charge in [-0.25, -0.2) is 9.50 Å². The second-order valence-corrected chi connectivity index (χ2v) is 6.56. The van der Waals surface area contributed by atoms with Crippen LogP contribution in [0.3, 0.4) is 0 Å². The first kappa shape index (κ1) is 13.0. The van der Waals surface area contributed by atoms with Gasteiger partial charge in [0.05, 0.1) is 5.69 Å². The van der Waals surface area contributed by atoms with E-state index in [1.165, 1.54) is 29.7 Å². The zero-order valence-corrected chi connectivity index (χ0v) is 13.5. The summed E-state index contributed by atoms with van der Waals surface area (Å²) >= 11 is 3.49. The van der Waals surface area contributed by atoms with Crippen LogP contribution in [0.25, 0.3) is 16.8 Å². The van der Waals surface area contributed by atoms with Crippen molar-refractivity contribution in [1.29, 1.82) is 0 Å². The second kappa shape index (κ2) is 4.95. The Balaban J connectivity index is 1.98. The monoisotopic (exact) mass is 341 g/mol. The summed E-state index contributed by atoms with van der Waals surface area (Å²) in [5.74, 6) is 0. The van der Waals surface area contributed by atoms with Crippen LogP contribution in [0.1, 0.15) is 29.8 Å². The molecule has 0 atom stereocenters. The van der Waals surface area contributed by atoms with Gasteiger partial charge in [-0.2, -0.15) is 5.10 Å². The largest absolute Gasteiger partial charge is 0.236 e. The predicted molar refractivity (Wildman–Crippen MR) is 87.5 cm³/mol. The molecule has 2 aromatic heterocycles. The Morgan fingerprint density at radius 3 is 2.67 bits per heavy atom. The summed E-state index contributed by atoms with van der Waals surface area (Å²) in [5, 5.41) is 4.77. The number of halogens is 1. The lowest BCUT2D eigenvalue weighted by Gasteiger charge is -2.15. The third-order valence-electron chi connectivity index (χ3n) is 4.25. The Labute approximate surface area is 132 Å². The molecule has 0 saturated heterocycles. The molecule has 0 fully saturated rings. The van der Waals surface area contributed by atoms with E-state index in [0.29, 0.717) is 0 Å². The lowest BCUT2D eigenvalue weighted by atomic mass is 9.97. The van der Waals surface area contributed by atoms with E-state index in [2.05, 4.69) is 51.6 Å². The Hall–Kier alpha value is -1.68. The van der Waals surface area contributed by atoms with Crippen molar-refractivity contribution in [2.24, 2.45) is 0 Å². The zero-order valence-electron chi connectivity index (χ0n) is 11.9. The highest BCUT2D eigenvalue weighted by Crippen LogP contribution is 2.30. The van der Waals surface area contributed by atoms with Crippen molar-refractivity contribution in [1.82, 2.24) is 14.6 Å². The number of aryl methyl sites for hydroxylation is 3. The number of fused-ring (bicyclic) bond motifs is 3. The van der Waals surface area contributed by atoms with Crippen molar-refractivity contribution in [3.63, 3.8) is 0 Å². The molecule has 0 spiro atoms. The number of benzene rings is 1. The van der Waals surface area contributed by atoms with Gasteiger partial charge < -0.3 is 0 Å². The third-order valence-corrected chi connectivity index (χ3v) is 4.78. The number of rotatable bonds is 1. The van der Waals surface area contributed by atoms with E-state index in [-0.39, 0.29) is 0 Å². The maximum Gasteiger partial charge on any atom is 0.163 e. The van der Waals surface area contributed by atoms with Crippen LogP contribution in [0.15, 0.2) is 34.9 Å². The maximum absolute atomic E-state index is 4.77. The summed E-state index contributed by atoms with van der Waals surface area (Å²) in [6.45, 7) is 2.07. The van der Waals surface area contributed by atoms with Gasteiger partial charge in [-0.05, 0) is 55.9 Å². The molecule has 3 nitrogen and oxygen atoms in total. The summed E-state index contributed by atoms with van der Waals surface area (Å²) < 4.78 is 3.16. The first-order valence-corrected chi connectivity index (χ1v) is 8.15. The molecule has 1 aliphatic carbocycles. The molecular formula is C17H16BrN3. The van der Waals surface area contributed by atoms with Crippen LogP contribution in [0.4, 0.5) is 0 Å². The van der Waals surface area contributed by atoms with E-state index >= 15 is 0 Å². The molecule has 1 aliphatic rings. The average molecular weight is 342 g/mol. The minimum Gasteiger partial charge on any atom is -0.236 e. The molecule has 0 N–H and O–H groups in total. The molecule has 2 heterocycles. The van der Waals surface area contributed by atoms with Gasteiger partial charge >= 0.3 is 0 Å². The van der Waals surface area contributed by atoms with Crippen LogP contribution >= 0.6 is 15.9 Å². The molecule has 0 bridgehead atoms. The first-order valence-electron chi connectivity index (χ1n) is 7.36. The molecule has 0 aliphatic heterocycles. The van der Waals surface area contributed by atoms with Crippen LogP contribution in [0.5, 0.6) is 0 Å². The van der Waals surface area contributed by atoms with Crippen molar-refractivity contribution in [3.8, 4) is 11.1 Å². The van der Waals surface area contributed by atoms with Gasteiger partial charge in [0.25, 0.3) is 0 Å². The highest BCUT2D eigenvalue weighted by Gasteiger charge is 2.19. The molecule has 0 saturated carbocycles. The number of nitrogens with zero attached hydrogens (tertiary/aromatic N) is 3. The zero-order chi connectivity index (χ0) is 14.4. The van der Waals surface area contributed by atoms with Crippen LogP contribution in [-0.2, 0) is 12.8 Å². The van der Waals surface area contributed by atoms with Crippen molar-refractivity contribution >= 4 is 21.6 Å². The number of aromatic nitrogens is 3. The third kappa shape index (κ3) is 2.09. The van der Waals surface area contributed by atoms with Crippen molar-refractivity contribution in [2.45, 2.75) is 32.6 Å². The van der Waals surface area contributed by atoms with Gasteiger partial charge in [-0.3, -0.25) is 0 Å². The van der Waals surface area contributed by atoms with Gasteiger partial charge in [0.2, 0.25) is 0 Å². The Bertz CT molecular complexity index is 818. The van der Waals surface area contributed by atoms with Gasteiger partial charge in [0.15, 0.2) is 5.65 Å². The number of hydrogen-bond donors (Lipinski definition) is 0. The summed E-state index contributed by atoms with van der Waals surface area (Å²) in [5.41, 5.74) is 7.06. The van der Waals surface area contributed by atoms with E-state index in [0.717, 1.165) is 34.2 Å². The van der Waals surface area contributed by atoms with E-state index in [1.54, 1.807) is 0 Å². The molecule has 0 amide bonds. The second-order valence-electron chi connectivity index (χ2n) is 5.64. The number of hydrogen-bond acceptors (Lipinski definition) is 2. The predicted octanol–water partition coefficient (Wildman–Crippen LogP) is 4.35. The van der Waals surface area contributed by atoms with E-state index in [1.807, 2.05) is 6.20 Å². The van der Waals surface area contributed by atoms with Crippen LogP contribution in [-0.4, -0.2) is 14.6 Å². The van der Waals surface area contributed by atoms with Gasteiger partial charge in [-0.15, -0.1) is 0 Å². The molecule has 3 aromatic rings. The van der Waals surface area contributed by atoms with E-state index < -0.39 is 0 Å². The molecule has 106 valence electrons. The maximum atomic E-state index is 4.77. The Morgan fingerprint density at radius 1 is 1.10 bits per heavy atom. The Morgan fingerprint density at radius 2 is 1.86 bits per heavy atom. The lowest BCUT2D eigenvalue weighted by molar-refractivity contribution is 0.639. The topological polar surface area (TPSA) is 30.2 Å². The summed E-state index contributed by atoms with van der Waals surface area (Å²) in [6, 6.07) is 8.37. The molecule has 0 radical (unpaired) electrons. The Kier molecular flexibility index (Phi) is 3.07. The van der Waals surface area contributed by atoms with Gasteiger partial charge in [-0.1, -0.05) is 28.1 Å². The molecule has 21 heavy (non-hydrogen) atoms. The average Bonchev–Trinajstić information content (AvgIpc) is 2.85. The highest BCUT2D eigenvalue weighted by atomic mass is 79.9. The van der Waals surface area contributed by atoms with Gasteiger partial charge in [0, 0.05) is 21.9 Å². The molecule has 4 rings (SSSR count). The van der Waals surface area contributed by atoms with Crippen LogP contribution < -0.4 is 0 Å². The normalized spacial score (nSPS) is 14.4. The van der Waals surface area contributed by atoms with Crippen LogP contribution in [0.2, 0.25) is 0 Å². The standard InChI is InChI=1S/C17H16BrN3/c1-11-16(12-6-8-14(18)9-7-12)17-19-10-13-4-2-3-5-15(13)21(17)20-11/h6-10H,2-5H2,1H3. The molecule has 4 heteroatoms. The minimum atomic E-state index is 0.982. The quantitative estimate of drug-likeness (QED) is 0.658. The van der Waals surface area contributed by atoms with Crippen molar-refractivity contribution in [2.75, 3.05) is 0 Å². The molecule has 0 unspecified atom stereocenters. The van der Waals surface area contributed by atoms with E-state index in [4.69, 9.17) is 10.1 Å². The van der Waals surface area contributed by atoms with Crippen molar-refractivity contribution < 1.29 is 0 Å². The first-order chi connectivity index (χ1) is 10.2. The van der Waals surface area contributed by atoms with Crippen molar-refractivity contribution in [3.05, 3.63) is 51.9 Å². The summed E-state index contributed by atoms with van der Waals surface area (Å²) in [6.07, 6.45) is 6.80. The summed E-state index contributed by atoms with van der Waals surface area (Å²) in [7, 11) is 0. The molecular weight excluding hydrogens is 326 g/mol. The lowest BCUT2D eigenvalue weighted by Crippen LogP contribution is -2.10. The molecule has 1 aromatic carbocycles. The van der Waals surface area contributed by atoms with E-state index in [9.17, 15) is 0 Å². The minimum absolute atomic E-state index is 0.982. The SMILES string of the molecule is Cc1nn2c3c(cnc2c1-c1ccc(Br)cc1)CCCC3. The highest BCUT2D eigenvalue weighted by molar-refractivity contribution is 9.10. The summed E-state index contributed by atoms with van der Waals surface area (Å²) in [4.78, 5) is 4.70. The fourth-order valence-electron chi connectivity index (χ4n) is 3.21. The van der Waals surface area contributed by atoms with Gasteiger partial charge in [0.1, 0.15) is 0 Å². The smallest absolute Gasteiger partial charge is 0.163 e. The fourth-order valence-corrected chi connectivity index (χ4v) is 3.47.